The van der Waals surface area contributed by atoms with Gasteiger partial charge in [0.15, 0.2) is 11.5 Å². The van der Waals surface area contributed by atoms with Crippen molar-refractivity contribution in [3.63, 3.8) is 0 Å². The normalized spacial score (nSPS) is 13.8. The first-order valence-electron chi connectivity index (χ1n) is 4.69. The summed E-state index contributed by atoms with van der Waals surface area (Å²) >= 11 is 3.50. The maximum Gasteiger partial charge on any atom is 0.231 e. The van der Waals surface area contributed by atoms with Gasteiger partial charge < -0.3 is 15.2 Å². The number of ether oxygens (including phenoxy) is 2. The van der Waals surface area contributed by atoms with Gasteiger partial charge in [-0.3, -0.25) is 0 Å². The molecule has 3 nitrogen and oxygen atoms in total. The van der Waals surface area contributed by atoms with Crippen LogP contribution in [0.15, 0.2) is 16.6 Å². The lowest BCUT2D eigenvalue weighted by atomic mass is 10.1. The number of benzene rings is 1. The zero-order valence-electron chi connectivity index (χ0n) is 8.42. The highest BCUT2D eigenvalue weighted by atomic mass is 79.9. The average Bonchev–Trinajstić information content (AvgIpc) is 2.69. The molecule has 0 radical (unpaired) electrons. The van der Waals surface area contributed by atoms with Crippen molar-refractivity contribution in [3.8, 4) is 11.5 Å². The summed E-state index contributed by atoms with van der Waals surface area (Å²) in [7, 11) is 0. The predicted octanol–water partition coefficient (Wildman–Crippen LogP) is 2.46. The summed E-state index contributed by atoms with van der Waals surface area (Å²) in [5.41, 5.74) is 7.65. The van der Waals surface area contributed by atoms with Gasteiger partial charge in [0.1, 0.15) is 0 Å². The average molecular weight is 270 g/mol. The number of hydrogen-bond donors (Lipinski definition) is 1. The molecule has 1 aromatic rings. The molecule has 4 heteroatoms. The third-order valence-electron chi connectivity index (χ3n) is 2.32. The highest BCUT2D eigenvalue weighted by molar-refractivity contribution is 9.10. The van der Waals surface area contributed by atoms with E-state index in [0.717, 1.165) is 27.1 Å². The Morgan fingerprint density at radius 1 is 1.53 bits per heavy atom. The van der Waals surface area contributed by atoms with Crippen molar-refractivity contribution < 1.29 is 9.47 Å². The lowest BCUT2D eigenvalue weighted by Crippen LogP contribution is -1.93. The molecule has 1 aliphatic heterocycles. The molecule has 0 saturated carbocycles. The smallest absolute Gasteiger partial charge is 0.231 e. The summed E-state index contributed by atoms with van der Waals surface area (Å²) < 4.78 is 11.6. The Morgan fingerprint density at radius 2 is 2.33 bits per heavy atom. The minimum Gasteiger partial charge on any atom is -0.454 e. The van der Waals surface area contributed by atoms with E-state index in [9.17, 15) is 0 Å². The Morgan fingerprint density at radius 3 is 3.07 bits per heavy atom. The van der Waals surface area contributed by atoms with Crippen molar-refractivity contribution in [1.82, 2.24) is 0 Å². The van der Waals surface area contributed by atoms with Crippen molar-refractivity contribution in [2.75, 3.05) is 13.3 Å². The lowest BCUT2D eigenvalue weighted by molar-refractivity contribution is 0.173. The van der Waals surface area contributed by atoms with E-state index in [-0.39, 0.29) is 6.79 Å². The van der Waals surface area contributed by atoms with E-state index in [4.69, 9.17) is 15.2 Å². The van der Waals surface area contributed by atoms with Crippen molar-refractivity contribution in [3.05, 3.63) is 27.7 Å². The fourth-order valence-corrected chi connectivity index (χ4v) is 2.02. The van der Waals surface area contributed by atoms with E-state index in [2.05, 4.69) is 15.9 Å². The van der Waals surface area contributed by atoms with Crippen LogP contribution in [0.4, 0.5) is 0 Å². The van der Waals surface area contributed by atoms with Crippen LogP contribution in [-0.2, 0) is 0 Å². The molecule has 1 aromatic carbocycles. The summed E-state index contributed by atoms with van der Waals surface area (Å²) in [5, 5.41) is 0. The van der Waals surface area contributed by atoms with Crippen LogP contribution < -0.4 is 15.2 Å². The monoisotopic (exact) mass is 269 g/mol. The third kappa shape index (κ3) is 1.87. The van der Waals surface area contributed by atoms with Crippen molar-refractivity contribution in [2.24, 2.45) is 5.73 Å². The first-order valence-corrected chi connectivity index (χ1v) is 5.48. The molecule has 0 bridgehead atoms. The molecule has 0 fully saturated rings. The van der Waals surface area contributed by atoms with Gasteiger partial charge in [0.05, 0.1) is 4.47 Å². The first kappa shape index (κ1) is 10.5. The van der Waals surface area contributed by atoms with Gasteiger partial charge >= 0.3 is 0 Å². The Bertz CT molecular complexity index is 416. The number of hydrogen-bond acceptors (Lipinski definition) is 3. The molecule has 80 valence electrons. The van der Waals surface area contributed by atoms with Crippen LogP contribution in [0.1, 0.15) is 11.1 Å². The Balaban J connectivity index is 2.49. The lowest BCUT2D eigenvalue weighted by Gasteiger charge is -2.06. The minimum absolute atomic E-state index is 0.289. The van der Waals surface area contributed by atoms with E-state index in [1.54, 1.807) is 0 Å². The molecular weight excluding hydrogens is 258 g/mol. The topological polar surface area (TPSA) is 44.5 Å². The highest BCUT2D eigenvalue weighted by Crippen LogP contribution is 2.42. The summed E-state index contributed by atoms with van der Waals surface area (Å²) in [6.45, 7) is 2.85. The molecule has 2 N–H and O–H groups in total. The standard InChI is InChI=1S/C11H12BrNO2/c1-7-8(3-2-4-13)5-9-11(10(7)12)15-6-14-9/h2-3,5H,4,6,13H2,1H3/b3-2+. The highest BCUT2D eigenvalue weighted by Gasteiger charge is 2.19. The van der Waals surface area contributed by atoms with Gasteiger partial charge in [-0.15, -0.1) is 0 Å². The second-order valence-corrected chi connectivity index (χ2v) is 4.07. The van der Waals surface area contributed by atoms with E-state index in [1.807, 2.05) is 25.1 Å². The number of halogens is 1. The molecule has 0 saturated heterocycles. The van der Waals surface area contributed by atoms with Gasteiger partial charge in [-0.2, -0.15) is 0 Å². The van der Waals surface area contributed by atoms with Crippen LogP contribution in [-0.4, -0.2) is 13.3 Å². The van der Waals surface area contributed by atoms with E-state index >= 15 is 0 Å². The van der Waals surface area contributed by atoms with Gasteiger partial charge in [0.2, 0.25) is 6.79 Å². The Kier molecular flexibility index (Phi) is 2.98. The molecule has 0 atom stereocenters. The number of fused-ring (bicyclic) bond motifs is 1. The molecule has 1 aliphatic rings. The van der Waals surface area contributed by atoms with Gasteiger partial charge in [-0.1, -0.05) is 12.2 Å². The van der Waals surface area contributed by atoms with Crippen molar-refractivity contribution >= 4 is 22.0 Å². The summed E-state index contributed by atoms with van der Waals surface area (Å²) in [4.78, 5) is 0. The van der Waals surface area contributed by atoms with Crippen LogP contribution in [0, 0.1) is 6.92 Å². The minimum atomic E-state index is 0.289. The van der Waals surface area contributed by atoms with Crippen LogP contribution in [0.5, 0.6) is 11.5 Å². The fraction of sp³-hybridized carbons (Fsp3) is 0.273. The van der Waals surface area contributed by atoms with Gasteiger partial charge in [-0.05, 0) is 40.0 Å². The number of rotatable bonds is 2. The van der Waals surface area contributed by atoms with Crippen LogP contribution in [0.2, 0.25) is 0 Å². The molecule has 0 aliphatic carbocycles. The third-order valence-corrected chi connectivity index (χ3v) is 3.28. The summed E-state index contributed by atoms with van der Waals surface area (Å²) in [6.07, 6.45) is 3.90. The molecular formula is C11H12BrNO2. The van der Waals surface area contributed by atoms with Gasteiger partial charge in [0.25, 0.3) is 0 Å². The molecule has 2 rings (SSSR count). The molecule has 0 spiro atoms. The number of nitrogens with two attached hydrogens (primary N) is 1. The van der Waals surface area contributed by atoms with E-state index < -0.39 is 0 Å². The summed E-state index contributed by atoms with van der Waals surface area (Å²) in [6, 6.07) is 1.97. The molecule has 0 unspecified atom stereocenters. The quantitative estimate of drug-likeness (QED) is 0.897. The van der Waals surface area contributed by atoms with Crippen molar-refractivity contribution in [1.29, 1.82) is 0 Å². The second-order valence-electron chi connectivity index (χ2n) is 3.28. The fourth-order valence-electron chi connectivity index (χ4n) is 1.48. The molecule has 1 heterocycles. The first-order chi connectivity index (χ1) is 7.24. The predicted molar refractivity (Wildman–Crippen MR) is 63.1 cm³/mol. The van der Waals surface area contributed by atoms with E-state index in [1.165, 1.54) is 0 Å². The van der Waals surface area contributed by atoms with Crippen molar-refractivity contribution in [2.45, 2.75) is 6.92 Å². The summed E-state index contributed by atoms with van der Waals surface area (Å²) in [5.74, 6) is 1.57. The molecule has 0 amide bonds. The van der Waals surface area contributed by atoms with Crippen LogP contribution in [0.25, 0.3) is 6.08 Å². The Hall–Kier alpha value is -1.00. The maximum atomic E-state index is 5.42. The molecule has 0 aromatic heterocycles. The van der Waals surface area contributed by atoms with Gasteiger partial charge in [-0.25, -0.2) is 0 Å². The van der Waals surface area contributed by atoms with Crippen LogP contribution in [0.3, 0.4) is 0 Å². The largest absolute Gasteiger partial charge is 0.454 e. The zero-order valence-corrected chi connectivity index (χ0v) is 10.0. The van der Waals surface area contributed by atoms with E-state index in [0.29, 0.717) is 6.54 Å². The molecule has 15 heavy (non-hydrogen) atoms. The maximum absolute atomic E-state index is 5.42. The zero-order chi connectivity index (χ0) is 10.8. The SMILES string of the molecule is Cc1c(/C=C/CN)cc2c(c1Br)OCO2. The Labute approximate surface area is 97.0 Å². The van der Waals surface area contributed by atoms with Gasteiger partial charge in [0, 0.05) is 6.54 Å². The van der Waals surface area contributed by atoms with Crippen LogP contribution >= 0.6 is 15.9 Å². The second kappa shape index (κ2) is 4.24.